The van der Waals surface area contributed by atoms with E-state index in [0.717, 1.165) is 5.56 Å². The quantitative estimate of drug-likeness (QED) is 0.621. The van der Waals surface area contributed by atoms with Crippen molar-refractivity contribution in [2.75, 3.05) is 26.7 Å². The molecule has 1 unspecified atom stereocenters. The second-order valence-corrected chi connectivity index (χ2v) is 10.5. The number of aromatic nitrogens is 1. The number of pyridine rings is 1. The number of hydrogen-bond acceptors (Lipinski definition) is 5. The zero-order valence-electron chi connectivity index (χ0n) is 19.3. The third-order valence-corrected chi connectivity index (χ3v) is 6.49. The summed E-state index contributed by atoms with van der Waals surface area (Å²) in [5.41, 5.74) is -0.470. The molecule has 1 atom stereocenters. The Labute approximate surface area is 201 Å². The molecule has 9 heteroatoms. The van der Waals surface area contributed by atoms with Crippen molar-refractivity contribution in [1.82, 2.24) is 14.4 Å². The average molecular weight is 518 g/mol. The minimum Gasteiger partial charge on any atom is -0.483 e. The topological polar surface area (TPSA) is 81.1 Å². The van der Waals surface area contributed by atoms with Crippen molar-refractivity contribution in [2.45, 2.75) is 44.9 Å². The number of benzene rings is 1. The molecule has 2 amide bonds. The predicted molar refractivity (Wildman–Crippen MR) is 127 cm³/mol. The first-order chi connectivity index (χ1) is 15.5. The number of carbonyl (C=O) groups excluding carboxylic acids is 2. The van der Waals surface area contributed by atoms with Gasteiger partial charge in [0.1, 0.15) is 12.2 Å². The van der Waals surface area contributed by atoms with Crippen molar-refractivity contribution in [3.63, 3.8) is 0 Å². The van der Waals surface area contributed by atoms with Gasteiger partial charge in [0.25, 0.3) is 5.91 Å². The molecule has 1 aromatic heterocycles. The molecule has 8 nitrogen and oxygen atoms in total. The maximum absolute atomic E-state index is 13.2. The molecule has 2 aliphatic rings. The van der Waals surface area contributed by atoms with E-state index >= 15 is 0 Å². The van der Waals surface area contributed by atoms with Crippen LogP contribution in [0.4, 0.5) is 4.79 Å². The number of fused-ring (bicyclic) bond motifs is 2. The molecular formula is C24H28BrN3O5. The van der Waals surface area contributed by atoms with Gasteiger partial charge in [-0.2, -0.15) is 0 Å². The molecule has 1 aromatic carbocycles. The third kappa shape index (κ3) is 4.51. The molecule has 1 fully saturated rings. The molecule has 2 aliphatic heterocycles. The van der Waals surface area contributed by atoms with Crippen LogP contribution in [0, 0.1) is 0 Å². The van der Waals surface area contributed by atoms with Crippen molar-refractivity contribution in [3.05, 3.63) is 62.5 Å². The van der Waals surface area contributed by atoms with Gasteiger partial charge in [0, 0.05) is 32.9 Å². The summed E-state index contributed by atoms with van der Waals surface area (Å²) in [6, 6.07) is 9.47. The number of nitrogens with zero attached hydrogens (tertiary/aromatic N) is 3. The molecule has 0 saturated carbocycles. The Bertz CT molecular complexity index is 1140. The lowest BCUT2D eigenvalue weighted by molar-refractivity contribution is 0.0258. The van der Waals surface area contributed by atoms with Gasteiger partial charge in [-0.25, -0.2) is 4.79 Å². The first kappa shape index (κ1) is 23.4. The number of likely N-dealkylation sites (N-methyl/N-ethyl adjacent to an activating group) is 1. The van der Waals surface area contributed by atoms with Crippen LogP contribution in [-0.4, -0.2) is 58.7 Å². The monoisotopic (exact) mass is 517 g/mol. The van der Waals surface area contributed by atoms with Gasteiger partial charge < -0.3 is 23.8 Å². The summed E-state index contributed by atoms with van der Waals surface area (Å²) in [7, 11) is 1.71. The lowest BCUT2D eigenvalue weighted by Crippen LogP contribution is -2.55. The van der Waals surface area contributed by atoms with E-state index in [2.05, 4.69) is 15.9 Å². The van der Waals surface area contributed by atoms with Crippen LogP contribution < -0.4 is 10.2 Å². The Kier molecular flexibility index (Phi) is 6.03. The summed E-state index contributed by atoms with van der Waals surface area (Å²) in [6.07, 6.45) is 1.88. The van der Waals surface area contributed by atoms with E-state index in [1.54, 1.807) is 23.0 Å². The Morgan fingerprint density at radius 3 is 2.52 bits per heavy atom. The summed E-state index contributed by atoms with van der Waals surface area (Å²) in [6.45, 7) is 6.91. The number of carbonyl (C=O) groups is 2. The lowest BCUT2D eigenvalue weighted by Gasteiger charge is -2.42. The largest absolute Gasteiger partial charge is 0.483 e. The van der Waals surface area contributed by atoms with Crippen LogP contribution in [0.25, 0.3) is 0 Å². The van der Waals surface area contributed by atoms with E-state index in [-0.39, 0.29) is 35.5 Å². The second kappa shape index (κ2) is 8.52. The SMILES string of the molecule is CN1CC2(CCN(C(=O)OC(C)(C)C)C2)n2cc(Br)c(=O)c(OCc3ccccc3)c2C1=O. The van der Waals surface area contributed by atoms with Crippen LogP contribution in [-0.2, 0) is 16.9 Å². The van der Waals surface area contributed by atoms with Crippen molar-refractivity contribution < 1.29 is 19.1 Å². The van der Waals surface area contributed by atoms with Gasteiger partial charge >= 0.3 is 6.09 Å². The molecular weight excluding hydrogens is 490 g/mol. The first-order valence-corrected chi connectivity index (χ1v) is 11.7. The van der Waals surface area contributed by atoms with Gasteiger partial charge in [0.05, 0.1) is 10.0 Å². The Balaban J connectivity index is 1.73. The second-order valence-electron chi connectivity index (χ2n) is 9.67. The van der Waals surface area contributed by atoms with E-state index in [4.69, 9.17) is 9.47 Å². The molecule has 33 heavy (non-hydrogen) atoms. The molecule has 0 aliphatic carbocycles. The van der Waals surface area contributed by atoms with Crippen molar-refractivity contribution in [3.8, 4) is 5.75 Å². The zero-order valence-corrected chi connectivity index (χ0v) is 20.8. The van der Waals surface area contributed by atoms with Gasteiger partial charge in [-0.15, -0.1) is 0 Å². The van der Waals surface area contributed by atoms with Crippen LogP contribution >= 0.6 is 15.9 Å². The van der Waals surface area contributed by atoms with E-state index in [0.29, 0.717) is 30.5 Å². The van der Waals surface area contributed by atoms with Gasteiger partial charge in [0.2, 0.25) is 5.43 Å². The maximum atomic E-state index is 13.2. The lowest BCUT2D eigenvalue weighted by atomic mass is 9.93. The molecule has 176 valence electrons. The normalized spacial score (nSPS) is 20.2. The Hall–Kier alpha value is -2.81. The number of halogens is 1. The Morgan fingerprint density at radius 1 is 1.15 bits per heavy atom. The highest BCUT2D eigenvalue weighted by Crippen LogP contribution is 2.38. The van der Waals surface area contributed by atoms with Crippen LogP contribution in [0.1, 0.15) is 43.2 Å². The minimum atomic E-state index is -0.601. The van der Waals surface area contributed by atoms with E-state index in [9.17, 15) is 14.4 Å². The number of rotatable bonds is 3. The van der Waals surface area contributed by atoms with Gasteiger partial charge in [0.15, 0.2) is 11.4 Å². The third-order valence-electron chi connectivity index (χ3n) is 5.92. The molecule has 3 heterocycles. The summed E-state index contributed by atoms with van der Waals surface area (Å²) in [4.78, 5) is 42.2. The van der Waals surface area contributed by atoms with Crippen molar-refractivity contribution in [1.29, 1.82) is 0 Å². The van der Waals surface area contributed by atoms with Crippen LogP contribution in [0.3, 0.4) is 0 Å². The molecule has 2 aromatic rings. The average Bonchev–Trinajstić information content (AvgIpc) is 3.17. The van der Waals surface area contributed by atoms with E-state index in [1.165, 1.54) is 0 Å². The predicted octanol–water partition coefficient (Wildman–Crippen LogP) is 3.61. The van der Waals surface area contributed by atoms with Crippen molar-refractivity contribution in [2.24, 2.45) is 0 Å². The molecule has 0 N–H and O–H groups in total. The van der Waals surface area contributed by atoms with Gasteiger partial charge in [-0.05, 0) is 48.7 Å². The van der Waals surface area contributed by atoms with E-state index < -0.39 is 11.1 Å². The number of hydrogen-bond donors (Lipinski definition) is 0. The number of amides is 2. The summed E-state index contributed by atoms with van der Waals surface area (Å²) < 4.78 is 13.6. The highest BCUT2D eigenvalue weighted by molar-refractivity contribution is 9.10. The molecule has 0 radical (unpaired) electrons. The molecule has 1 spiro atoms. The molecule has 0 bridgehead atoms. The van der Waals surface area contributed by atoms with E-state index in [1.807, 2.05) is 55.7 Å². The summed E-state index contributed by atoms with van der Waals surface area (Å²) in [5, 5.41) is 0. The fourth-order valence-corrected chi connectivity index (χ4v) is 4.82. The van der Waals surface area contributed by atoms with Crippen LogP contribution in [0.5, 0.6) is 5.75 Å². The van der Waals surface area contributed by atoms with Crippen LogP contribution in [0.15, 0.2) is 45.8 Å². The standard InChI is InChI=1S/C24H28BrN3O5/c1-23(2,3)33-22(31)27-11-10-24(15-27)14-26(4)21(30)18-20(19(29)17(25)12-28(18)24)32-13-16-8-6-5-7-9-16/h5-9,12H,10-11,13-15H2,1-4H3. The number of ether oxygens (including phenoxy) is 2. The number of likely N-dealkylation sites (tertiary alicyclic amines) is 1. The summed E-state index contributed by atoms with van der Waals surface area (Å²) in [5.74, 6) is -0.274. The zero-order chi connectivity index (χ0) is 24.0. The van der Waals surface area contributed by atoms with Crippen LogP contribution in [0.2, 0.25) is 0 Å². The molecule has 4 rings (SSSR count). The first-order valence-electron chi connectivity index (χ1n) is 10.9. The smallest absolute Gasteiger partial charge is 0.410 e. The highest BCUT2D eigenvalue weighted by atomic mass is 79.9. The maximum Gasteiger partial charge on any atom is 0.410 e. The van der Waals surface area contributed by atoms with Gasteiger partial charge in [-0.1, -0.05) is 30.3 Å². The molecule has 1 saturated heterocycles. The minimum absolute atomic E-state index is 0.0138. The summed E-state index contributed by atoms with van der Waals surface area (Å²) >= 11 is 3.36. The Morgan fingerprint density at radius 2 is 1.85 bits per heavy atom. The fraction of sp³-hybridized carbons (Fsp3) is 0.458. The van der Waals surface area contributed by atoms with Crippen molar-refractivity contribution >= 4 is 27.9 Å². The van der Waals surface area contributed by atoms with Gasteiger partial charge in [-0.3, -0.25) is 9.59 Å². The fourth-order valence-electron chi connectivity index (χ4n) is 4.43. The highest BCUT2D eigenvalue weighted by Gasteiger charge is 2.49.